The van der Waals surface area contributed by atoms with E-state index in [1.54, 1.807) is 0 Å². The van der Waals surface area contributed by atoms with Gasteiger partial charge in [0, 0.05) is 6.04 Å². The molecule has 0 aliphatic carbocycles. The molecule has 1 atom stereocenters. The van der Waals surface area contributed by atoms with Crippen LogP contribution in [0, 0.1) is 0 Å². The molecule has 0 radical (unpaired) electrons. The molecular weight excluding hydrogens is 274 g/mol. The van der Waals surface area contributed by atoms with Crippen molar-refractivity contribution in [3.05, 3.63) is 60.2 Å². The fourth-order valence-corrected chi connectivity index (χ4v) is 2.45. The van der Waals surface area contributed by atoms with E-state index in [1.165, 1.54) is 16.7 Å². The Morgan fingerprint density at radius 1 is 1.05 bits per heavy atom. The number of rotatable bonds is 7. The van der Waals surface area contributed by atoms with E-state index in [1.807, 2.05) is 32.2 Å². The number of esters is 1. The zero-order chi connectivity index (χ0) is 15.8. The molecule has 0 heterocycles. The summed E-state index contributed by atoms with van der Waals surface area (Å²) >= 11 is 0. The minimum Gasteiger partial charge on any atom is -0.466 e. The highest BCUT2D eigenvalue weighted by molar-refractivity contribution is 5.70. The molecule has 3 nitrogen and oxygen atoms in total. The molecular formula is C19H23NO2. The van der Waals surface area contributed by atoms with Gasteiger partial charge in [0.25, 0.3) is 0 Å². The monoisotopic (exact) mass is 297 g/mol. The van der Waals surface area contributed by atoms with E-state index >= 15 is 0 Å². The lowest BCUT2D eigenvalue weighted by atomic mass is 9.99. The lowest BCUT2D eigenvalue weighted by molar-refractivity contribution is -0.143. The Hall–Kier alpha value is -2.13. The van der Waals surface area contributed by atoms with Crippen molar-refractivity contribution in [1.29, 1.82) is 0 Å². The van der Waals surface area contributed by atoms with Gasteiger partial charge in [0.05, 0.1) is 13.0 Å². The molecule has 0 bridgehead atoms. The summed E-state index contributed by atoms with van der Waals surface area (Å²) in [5.74, 6) is -0.150. The van der Waals surface area contributed by atoms with Gasteiger partial charge in [-0.05, 0) is 37.1 Å². The van der Waals surface area contributed by atoms with Crippen molar-refractivity contribution in [3.63, 3.8) is 0 Å². The van der Waals surface area contributed by atoms with Crippen molar-refractivity contribution in [1.82, 2.24) is 5.32 Å². The van der Waals surface area contributed by atoms with Crippen molar-refractivity contribution in [2.24, 2.45) is 0 Å². The SMILES string of the molecule is CCOC(=O)CC(Cc1ccc(-c2ccccc2)cc1)NC. The fourth-order valence-electron chi connectivity index (χ4n) is 2.45. The van der Waals surface area contributed by atoms with Crippen molar-refractivity contribution >= 4 is 5.97 Å². The van der Waals surface area contributed by atoms with Crippen LogP contribution in [-0.4, -0.2) is 25.7 Å². The van der Waals surface area contributed by atoms with Crippen molar-refractivity contribution in [2.75, 3.05) is 13.7 Å². The summed E-state index contributed by atoms with van der Waals surface area (Å²) in [6, 6.07) is 18.9. The number of carbonyl (C=O) groups is 1. The first kappa shape index (κ1) is 16.2. The lowest BCUT2D eigenvalue weighted by Gasteiger charge is -2.15. The molecule has 0 aliphatic rings. The molecule has 3 heteroatoms. The second-order valence-electron chi connectivity index (χ2n) is 5.26. The van der Waals surface area contributed by atoms with Gasteiger partial charge >= 0.3 is 5.97 Å². The highest BCUT2D eigenvalue weighted by atomic mass is 16.5. The number of benzene rings is 2. The zero-order valence-electron chi connectivity index (χ0n) is 13.2. The molecule has 22 heavy (non-hydrogen) atoms. The van der Waals surface area contributed by atoms with Gasteiger partial charge in [-0.15, -0.1) is 0 Å². The zero-order valence-corrected chi connectivity index (χ0v) is 13.2. The molecule has 0 amide bonds. The molecule has 1 unspecified atom stereocenters. The molecule has 0 fully saturated rings. The Bertz CT molecular complexity index is 578. The molecule has 2 rings (SSSR count). The molecule has 116 valence electrons. The predicted octanol–water partition coefficient (Wildman–Crippen LogP) is 3.44. The van der Waals surface area contributed by atoms with Gasteiger partial charge in [-0.1, -0.05) is 54.6 Å². The number of ether oxygens (including phenoxy) is 1. The van der Waals surface area contributed by atoms with E-state index in [2.05, 4.69) is 41.7 Å². The van der Waals surface area contributed by atoms with Crippen LogP contribution in [0.4, 0.5) is 0 Å². The second-order valence-corrected chi connectivity index (χ2v) is 5.26. The normalized spacial score (nSPS) is 11.9. The molecule has 0 saturated carbocycles. The summed E-state index contributed by atoms with van der Waals surface area (Å²) in [5, 5.41) is 3.19. The van der Waals surface area contributed by atoms with Gasteiger partial charge in [0.2, 0.25) is 0 Å². The van der Waals surface area contributed by atoms with E-state index in [-0.39, 0.29) is 12.0 Å². The van der Waals surface area contributed by atoms with Crippen LogP contribution in [-0.2, 0) is 16.0 Å². The quantitative estimate of drug-likeness (QED) is 0.796. The largest absolute Gasteiger partial charge is 0.466 e. The van der Waals surface area contributed by atoms with Crippen molar-refractivity contribution in [2.45, 2.75) is 25.8 Å². The van der Waals surface area contributed by atoms with Crippen LogP contribution in [0.2, 0.25) is 0 Å². The molecule has 2 aromatic rings. The lowest BCUT2D eigenvalue weighted by Crippen LogP contribution is -2.31. The van der Waals surface area contributed by atoms with Gasteiger partial charge in [0.15, 0.2) is 0 Å². The van der Waals surface area contributed by atoms with Crippen LogP contribution in [0.5, 0.6) is 0 Å². The minimum absolute atomic E-state index is 0.0987. The number of likely N-dealkylation sites (N-methyl/N-ethyl adjacent to an activating group) is 1. The van der Waals surface area contributed by atoms with Crippen LogP contribution in [0.1, 0.15) is 18.9 Å². The summed E-state index contributed by atoms with van der Waals surface area (Å²) in [6.45, 7) is 2.26. The van der Waals surface area contributed by atoms with Crippen LogP contribution in [0.15, 0.2) is 54.6 Å². The highest BCUT2D eigenvalue weighted by Gasteiger charge is 2.13. The van der Waals surface area contributed by atoms with E-state index in [4.69, 9.17) is 4.74 Å². The van der Waals surface area contributed by atoms with E-state index in [0.717, 1.165) is 6.42 Å². The number of hydrogen-bond acceptors (Lipinski definition) is 3. The molecule has 0 spiro atoms. The van der Waals surface area contributed by atoms with Crippen molar-refractivity contribution < 1.29 is 9.53 Å². The van der Waals surface area contributed by atoms with E-state index < -0.39 is 0 Å². The van der Waals surface area contributed by atoms with Crippen LogP contribution >= 0.6 is 0 Å². The fraction of sp³-hybridized carbons (Fsp3) is 0.316. The minimum atomic E-state index is -0.150. The van der Waals surface area contributed by atoms with Crippen LogP contribution in [0.25, 0.3) is 11.1 Å². The topological polar surface area (TPSA) is 38.3 Å². The van der Waals surface area contributed by atoms with E-state index in [0.29, 0.717) is 13.0 Å². The van der Waals surface area contributed by atoms with Crippen molar-refractivity contribution in [3.8, 4) is 11.1 Å². The summed E-state index contributed by atoms with van der Waals surface area (Å²) in [6.07, 6.45) is 1.20. The van der Waals surface area contributed by atoms with Crippen LogP contribution in [0.3, 0.4) is 0 Å². The van der Waals surface area contributed by atoms with Gasteiger partial charge in [0.1, 0.15) is 0 Å². The average molecular weight is 297 g/mol. The summed E-state index contributed by atoms with van der Waals surface area (Å²) in [7, 11) is 1.88. The maximum Gasteiger partial charge on any atom is 0.307 e. The summed E-state index contributed by atoms with van der Waals surface area (Å²) in [5.41, 5.74) is 3.63. The molecule has 2 aromatic carbocycles. The molecule has 0 saturated heterocycles. The number of carbonyl (C=O) groups excluding carboxylic acids is 1. The second kappa shape index (κ2) is 8.35. The molecule has 1 N–H and O–H groups in total. The third-order valence-corrected chi connectivity index (χ3v) is 3.67. The number of hydrogen-bond donors (Lipinski definition) is 1. The Morgan fingerprint density at radius 3 is 2.27 bits per heavy atom. The van der Waals surface area contributed by atoms with Gasteiger partial charge in [-0.25, -0.2) is 0 Å². The molecule has 0 aliphatic heterocycles. The third kappa shape index (κ3) is 4.71. The molecule has 0 aromatic heterocycles. The predicted molar refractivity (Wildman–Crippen MR) is 89.7 cm³/mol. The first-order chi connectivity index (χ1) is 10.7. The Morgan fingerprint density at radius 2 is 1.68 bits per heavy atom. The van der Waals surface area contributed by atoms with Crippen LogP contribution < -0.4 is 5.32 Å². The van der Waals surface area contributed by atoms with Gasteiger partial charge in [-0.2, -0.15) is 0 Å². The Kier molecular flexibility index (Phi) is 6.16. The smallest absolute Gasteiger partial charge is 0.307 e. The third-order valence-electron chi connectivity index (χ3n) is 3.67. The maximum atomic E-state index is 11.6. The standard InChI is InChI=1S/C19H23NO2/c1-3-22-19(21)14-18(20-2)13-15-9-11-17(12-10-15)16-7-5-4-6-8-16/h4-12,18,20H,3,13-14H2,1-2H3. The Labute approximate surface area is 132 Å². The summed E-state index contributed by atoms with van der Waals surface area (Å²) in [4.78, 5) is 11.6. The van der Waals surface area contributed by atoms with Gasteiger partial charge in [-0.3, -0.25) is 4.79 Å². The highest BCUT2D eigenvalue weighted by Crippen LogP contribution is 2.20. The Balaban J connectivity index is 1.99. The summed E-state index contributed by atoms with van der Waals surface area (Å²) < 4.78 is 5.01. The first-order valence-electron chi connectivity index (χ1n) is 7.70. The first-order valence-corrected chi connectivity index (χ1v) is 7.70. The maximum absolute atomic E-state index is 11.6. The average Bonchev–Trinajstić information content (AvgIpc) is 2.56. The number of nitrogens with one attached hydrogen (secondary N) is 1. The van der Waals surface area contributed by atoms with E-state index in [9.17, 15) is 4.79 Å². The van der Waals surface area contributed by atoms with Gasteiger partial charge < -0.3 is 10.1 Å².